The lowest BCUT2D eigenvalue weighted by atomic mass is 10.1. The number of rotatable bonds is 2. The highest BCUT2D eigenvalue weighted by molar-refractivity contribution is 6.67. The van der Waals surface area contributed by atoms with Crippen molar-refractivity contribution in [2.24, 2.45) is 0 Å². The number of alkyl halides is 5. The number of carbonyl (C=O) groups excluding carboxylic acids is 1. The van der Waals surface area contributed by atoms with Gasteiger partial charge in [-0.25, -0.2) is 8.78 Å². The van der Waals surface area contributed by atoms with E-state index in [-0.39, 0.29) is 6.07 Å². The minimum absolute atomic E-state index is 0.111. The summed E-state index contributed by atoms with van der Waals surface area (Å²) < 4.78 is 61.3. The van der Waals surface area contributed by atoms with Crippen molar-refractivity contribution in [1.29, 1.82) is 0 Å². The average Bonchev–Trinajstić information content (AvgIpc) is 2.15. The molecule has 0 N–H and O–H groups in total. The molecule has 0 aliphatic carbocycles. The second kappa shape index (κ2) is 4.32. The second-order valence-electron chi connectivity index (χ2n) is 2.73. The normalized spacial score (nSPS) is 11.9. The van der Waals surface area contributed by atoms with E-state index in [1.54, 1.807) is 0 Å². The van der Waals surface area contributed by atoms with E-state index in [0.29, 0.717) is 6.20 Å². The Labute approximate surface area is 91.0 Å². The van der Waals surface area contributed by atoms with Crippen LogP contribution in [0.15, 0.2) is 12.3 Å². The van der Waals surface area contributed by atoms with Crippen LogP contribution in [0.5, 0.6) is 0 Å². The Morgan fingerprint density at radius 2 is 1.94 bits per heavy atom. The van der Waals surface area contributed by atoms with E-state index in [1.807, 2.05) is 0 Å². The highest BCUT2D eigenvalue weighted by Crippen LogP contribution is 2.34. The molecule has 2 nitrogen and oxygen atoms in total. The molecule has 0 aromatic carbocycles. The number of hydrogen-bond acceptors (Lipinski definition) is 2. The van der Waals surface area contributed by atoms with Gasteiger partial charge in [0, 0.05) is 6.20 Å². The van der Waals surface area contributed by atoms with Crippen molar-refractivity contribution < 1.29 is 26.7 Å². The predicted octanol–water partition coefficient (Wildman–Crippen LogP) is 3.42. The lowest BCUT2D eigenvalue weighted by molar-refractivity contribution is -0.138. The quantitative estimate of drug-likeness (QED) is 0.602. The number of aromatic nitrogens is 1. The molecule has 0 radical (unpaired) electrons. The molecule has 0 unspecified atom stereocenters. The highest BCUT2D eigenvalue weighted by Gasteiger charge is 2.36. The summed E-state index contributed by atoms with van der Waals surface area (Å²) in [5.74, 6) is 0. The molecule has 88 valence electrons. The van der Waals surface area contributed by atoms with Gasteiger partial charge in [-0.05, 0) is 17.7 Å². The zero-order chi connectivity index (χ0) is 12.5. The summed E-state index contributed by atoms with van der Waals surface area (Å²) >= 11 is 4.88. The van der Waals surface area contributed by atoms with Crippen LogP contribution in [0.4, 0.5) is 22.0 Å². The third-order valence-corrected chi connectivity index (χ3v) is 1.87. The standard InChI is InChI=1S/C8H3ClF5NO/c9-6(16)3-2-15-5(7(10)11)1-4(3)8(12,13)14/h1-2,7H. The van der Waals surface area contributed by atoms with E-state index >= 15 is 0 Å². The zero-order valence-corrected chi connectivity index (χ0v) is 8.11. The van der Waals surface area contributed by atoms with E-state index in [0.717, 1.165) is 0 Å². The Morgan fingerprint density at radius 1 is 1.38 bits per heavy atom. The molecule has 8 heteroatoms. The number of hydrogen-bond donors (Lipinski definition) is 0. The summed E-state index contributed by atoms with van der Waals surface area (Å²) in [4.78, 5) is 13.7. The van der Waals surface area contributed by atoms with Crippen LogP contribution in [0.1, 0.15) is 28.0 Å². The van der Waals surface area contributed by atoms with Gasteiger partial charge in [0.05, 0.1) is 11.1 Å². The van der Waals surface area contributed by atoms with Crippen LogP contribution in [-0.4, -0.2) is 10.2 Å². The van der Waals surface area contributed by atoms with Crippen molar-refractivity contribution in [2.45, 2.75) is 12.6 Å². The number of halogens is 6. The second-order valence-corrected chi connectivity index (χ2v) is 3.07. The van der Waals surface area contributed by atoms with Crippen LogP contribution < -0.4 is 0 Å². The van der Waals surface area contributed by atoms with E-state index in [2.05, 4.69) is 4.98 Å². The van der Waals surface area contributed by atoms with Crippen LogP contribution >= 0.6 is 11.6 Å². The smallest absolute Gasteiger partial charge is 0.276 e. The first-order valence-electron chi connectivity index (χ1n) is 3.78. The fraction of sp³-hybridized carbons (Fsp3) is 0.250. The maximum Gasteiger partial charge on any atom is 0.417 e. The molecule has 1 heterocycles. The van der Waals surface area contributed by atoms with Crippen molar-refractivity contribution in [2.75, 3.05) is 0 Å². The SMILES string of the molecule is O=C(Cl)c1cnc(C(F)F)cc1C(F)(F)F. The van der Waals surface area contributed by atoms with E-state index in [1.165, 1.54) is 0 Å². The molecule has 0 fully saturated rings. The van der Waals surface area contributed by atoms with Crippen molar-refractivity contribution >= 4 is 16.8 Å². The van der Waals surface area contributed by atoms with Crippen molar-refractivity contribution in [1.82, 2.24) is 4.98 Å². The molecule has 1 aromatic heterocycles. The van der Waals surface area contributed by atoms with E-state index in [9.17, 15) is 26.7 Å². The molecular weight excluding hydrogens is 257 g/mol. The first-order chi connectivity index (χ1) is 7.23. The Bertz CT molecular complexity index is 417. The Hall–Kier alpha value is -1.24. The highest BCUT2D eigenvalue weighted by atomic mass is 35.5. The monoisotopic (exact) mass is 259 g/mol. The average molecular weight is 260 g/mol. The first kappa shape index (κ1) is 12.8. The van der Waals surface area contributed by atoms with Crippen molar-refractivity contribution in [3.63, 3.8) is 0 Å². The largest absolute Gasteiger partial charge is 0.417 e. The first-order valence-corrected chi connectivity index (χ1v) is 4.16. The lowest BCUT2D eigenvalue weighted by Gasteiger charge is -2.11. The summed E-state index contributed by atoms with van der Waals surface area (Å²) in [7, 11) is 0. The van der Waals surface area contributed by atoms with Gasteiger partial charge in [-0.3, -0.25) is 9.78 Å². The van der Waals surface area contributed by atoms with Crippen LogP contribution in [0, 0.1) is 0 Å². The molecule has 0 saturated carbocycles. The molecule has 0 atom stereocenters. The molecule has 0 spiro atoms. The molecule has 0 saturated heterocycles. The fourth-order valence-electron chi connectivity index (χ4n) is 0.982. The molecule has 0 aliphatic heterocycles. The van der Waals surface area contributed by atoms with Gasteiger partial charge >= 0.3 is 6.18 Å². The maximum atomic E-state index is 12.4. The Kier molecular flexibility index (Phi) is 3.47. The number of nitrogens with zero attached hydrogens (tertiary/aromatic N) is 1. The Morgan fingerprint density at radius 3 is 2.31 bits per heavy atom. The number of carbonyl (C=O) groups is 1. The summed E-state index contributed by atoms with van der Waals surface area (Å²) in [5.41, 5.74) is -3.52. The zero-order valence-electron chi connectivity index (χ0n) is 7.36. The van der Waals surface area contributed by atoms with Gasteiger partial charge in [0.15, 0.2) is 0 Å². The van der Waals surface area contributed by atoms with E-state index in [4.69, 9.17) is 11.6 Å². The topological polar surface area (TPSA) is 30.0 Å². The lowest BCUT2D eigenvalue weighted by Crippen LogP contribution is -2.12. The third-order valence-electron chi connectivity index (χ3n) is 1.67. The van der Waals surface area contributed by atoms with Gasteiger partial charge in [0.2, 0.25) is 0 Å². The summed E-state index contributed by atoms with van der Waals surface area (Å²) in [5, 5.41) is -1.40. The van der Waals surface area contributed by atoms with E-state index < -0.39 is 34.7 Å². The van der Waals surface area contributed by atoms with Gasteiger partial charge in [-0.2, -0.15) is 13.2 Å². The summed E-state index contributed by atoms with van der Waals surface area (Å²) in [6.07, 6.45) is -7.70. The van der Waals surface area contributed by atoms with Gasteiger partial charge < -0.3 is 0 Å². The summed E-state index contributed by atoms with van der Waals surface area (Å²) in [6, 6.07) is 0.111. The molecule has 0 bridgehead atoms. The minimum Gasteiger partial charge on any atom is -0.276 e. The van der Waals surface area contributed by atoms with Crippen molar-refractivity contribution in [3.8, 4) is 0 Å². The summed E-state index contributed by atoms with van der Waals surface area (Å²) in [6.45, 7) is 0. The van der Waals surface area contributed by atoms with Gasteiger partial charge in [0.1, 0.15) is 5.69 Å². The predicted molar refractivity (Wildman–Crippen MR) is 44.4 cm³/mol. The van der Waals surface area contributed by atoms with Gasteiger partial charge in [0.25, 0.3) is 11.7 Å². The molecule has 1 aromatic rings. The Balaban J connectivity index is 3.39. The van der Waals surface area contributed by atoms with Crippen LogP contribution in [-0.2, 0) is 6.18 Å². The minimum atomic E-state index is -4.94. The molecular formula is C8H3ClF5NO. The molecule has 16 heavy (non-hydrogen) atoms. The molecule has 0 amide bonds. The van der Waals surface area contributed by atoms with Crippen LogP contribution in [0.25, 0.3) is 0 Å². The van der Waals surface area contributed by atoms with Crippen LogP contribution in [0.3, 0.4) is 0 Å². The van der Waals surface area contributed by atoms with Gasteiger partial charge in [-0.15, -0.1) is 0 Å². The third kappa shape index (κ3) is 2.66. The van der Waals surface area contributed by atoms with Crippen molar-refractivity contribution in [3.05, 3.63) is 29.1 Å². The molecule has 0 aliphatic rings. The number of pyridine rings is 1. The molecule has 1 rings (SSSR count). The fourth-order valence-corrected chi connectivity index (χ4v) is 1.13. The van der Waals surface area contributed by atoms with Crippen LogP contribution in [0.2, 0.25) is 0 Å². The maximum absolute atomic E-state index is 12.4. The van der Waals surface area contributed by atoms with Gasteiger partial charge in [-0.1, -0.05) is 0 Å².